The van der Waals surface area contributed by atoms with Crippen molar-refractivity contribution in [3.05, 3.63) is 36.5 Å². The summed E-state index contributed by atoms with van der Waals surface area (Å²) in [6, 6.07) is 0. The third kappa shape index (κ3) is 52.2. The SMILES string of the molecule is CCCCCCCCC=CCCCCCCCC(=O)OCC(CNC(=O)CCCCCCC/C=C\CCCCCCCC)(COC(=O)CCCCCCC/C=C\CCCCCCCC)C[N+](C)(C)C.[Cl-]. The summed E-state index contributed by atoms with van der Waals surface area (Å²) in [6.45, 7) is 7.91. The van der Waals surface area contributed by atoms with Gasteiger partial charge < -0.3 is 31.7 Å². The standard InChI is InChI=1S/C62H116N2O5.ClH/c1-7-10-13-16-19-22-25-28-31-34-37-40-43-46-49-52-59(65)63-55-62(56-64(4,5)6,57-68-60(66)53-50-47-44-41-38-35-32-29-26-23-20-17-14-11-8-2)58-69-61(67)54-51-48-45-42-39-36-33-30-27-24-21-18-15-12-9-3;/h28-33H,7-27,34-58H2,1-6H3;1H/b31-28-,32-29-,33-30?;. The fourth-order valence-electron chi connectivity index (χ4n) is 9.32. The highest BCUT2D eigenvalue weighted by Crippen LogP contribution is 2.24. The van der Waals surface area contributed by atoms with Gasteiger partial charge in [-0.15, -0.1) is 0 Å². The van der Waals surface area contributed by atoms with E-state index in [-0.39, 0.29) is 43.5 Å². The second kappa shape index (κ2) is 53.2. The van der Waals surface area contributed by atoms with Crippen molar-refractivity contribution in [3.63, 3.8) is 0 Å². The average Bonchev–Trinajstić information content (AvgIpc) is 3.32. The van der Waals surface area contributed by atoms with Crippen molar-refractivity contribution in [3.8, 4) is 0 Å². The zero-order valence-electron chi connectivity index (χ0n) is 47.4. The van der Waals surface area contributed by atoms with Crippen LogP contribution >= 0.6 is 0 Å². The second-order valence-corrected chi connectivity index (χ2v) is 22.0. The molecule has 1 unspecified atom stereocenters. The van der Waals surface area contributed by atoms with Crippen LogP contribution in [-0.4, -0.2) is 69.8 Å². The van der Waals surface area contributed by atoms with Gasteiger partial charge in [0.1, 0.15) is 18.6 Å². The minimum Gasteiger partial charge on any atom is -1.00 e. The van der Waals surface area contributed by atoms with E-state index in [9.17, 15) is 14.4 Å². The molecule has 412 valence electrons. The van der Waals surface area contributed by atoms with Crippen molar-refractivity contribution in [2.45, 2.75) is 290 Å². The van der Waals surface area contributed by atoms with Crippen molar-refractivity contribution >= 4 is 17.8 Å². The van der Waals surface area contributed by atoms with Gasteiger partial charge in [0.05, 0.1) is 27.7 Å². The number of ether oxygens (including phenoxy) is 2. The zero-order valence-corrected chi connectivity index (χ0v) is 48.1. The number of hydrogen-bond donors (Lipinski definition) is 1. The van der Waals surface area contributed by atoms with Crippen molar-refractivity contribution < 1.29 is 40.7 Å². The predicted octanol–water partition coefficient (Wildman–Crippen LogP) is 15.0. The van der Waals surface area contributed by atoms with E-state index in [4.69, 9.17) is 9.47 Å². The Morgan fingerprint density at radius 1 is 0.386 bits per heavy atom. The number of quaternary nitrogens is 1. The molecule has 0 rings (SSSR count). The number of amides is 1. The van der Waals surface area contributed by atoms with Gasteiger partial charge >= 0.3 is 11.9 Å². The Bertz CT molecular complexity index is 1110. The van der Waals surface area contributed by atoms with E-state index in [1.165, 1.54) is 173 Å². The van der Waals surface area contributed by atoms with Crippen LogP contribution in [0.2, 0.25) is 0 Å². The van der Waals surface area contributed by atoms with Gasteiger partial charge in [-0.25, -0.2) is 0 Å². The van der Waals surface area contributed by atoms with Crippen molar-refractivity contribution in [2.24, 2.45) is 5.41 Å². The van der Waals surface area contributed by atoms with Crippen LogP contribution in [0.4, 0.5) is 0 Å². The Morgan fingerprint density at radius 3 is 0.929 bits per heavy atom. The highest BCUT2D eigenvalue weighted by molar-refractivity contribution is 5.76. The number of unbranched alkanes of at least 4 members (excludes halogenated alkanes) is 33. The topological polar surface area (TPSA) is 81.7 Å². The molecule has 0 aliphatic carbocycles. The van der Waals surface area contributed by atoms with Crippen LogP contribution in [0.15, 0.2) is 36.5 Å². The summed E-state index contributed by atoms with van der Waals surface area (Å²) in [5.74, 6) is -0.409. The molecule has 0 saturated carbocycles. The summed E-state index contributed by atoms with van der Waals surface area (Å²) in [7, 11) is 6.30. The number of esters is 2. The first-order chi connectivity index (χ1) is 33.6. The maximum Gasteiger partial charge on any atom is 0.305 e. The molecule has 8 heteroatoms. The van der Waals surface area contributed by atoms with E-state index in [0.717, 1.165) is 77.0 Å². The first-order valence-corrected chi connectivity index (χ1v) is 29.9. The van der Waals surface area contributed by atoms with Crippen LogP contribution < -0.4 is 17.7 Å². The molecule has 1 N–H and O–H groups in total. The molecule has 0 heterocycles. The number of nitrogens with one attached hydrogen (secondary N) is 1. The van der Waals surface area contributed by atoms with E-state index in [1.54, 1.807) is 0 Å². The van der Waals surface area contributed by atoms with E-state index in [0.29, 0.717) is 36.8 Å². The van der Waals surface area contributed by atoms with E-state index >= 15 is 0 Å². The quantitative estimate of drug-likeness (QED) is 0.0284. The minimum atomic E-state index is -0.729. The number of carbonyl (C=O) groups is 3. The molecular weight excluding hydrogens is 888 g/mol. The van der Waals surface area contributed by atoms with Gasteiger partial charge in [0.2, 0.25) is 5.91 Å². The second-order valence-electron chi connectivity index (χ2n) is 22.0. The van der Waals surface area contributed by atoms with Gasteiger partial charge in [0.25, 0.3) is 0 Å². The van der Waals surface area contributed by atoms with Crippen LogP contribution in [0.5, 0.6) is 0 Å². The molecule has 0 aromatic carbocycles. The van der Waals surface area contributed by atoms with Crippen LogP contribution in [0.25, 0.3) is 0 Å². The molecule has 0 aromatic rings. The van der Waals surface area contributed by atoms with Gasteiger partial charge in [-0.05, 0) is 96.3 Å². The van der Waals surface area contributed by atoms with E-state index in [1.807, 2.05) is 0 Å². The largest absolute Gasteiger partial charge is 1.00 e. The lowest BCUT2D eigenvalue weighted by Crippen LogP contribution is -3.00. The Hall–Kier alpha value is -2.12. The summed E-state index contributed by atoms with van der Waals surface area (Å²) >= 11 is 0. The molecule has 7 nitrogen and oxygen atoms in total. The van der Waals surface area contributed by atoms with Crippen LogP contribution in [0, 0.1) is 5.41 Å². The van der Waals surface area contributed by atoms with E-state index < -0.39 is 5.41 Å². The molecule has 0 saturated heterocycles. The number of halogens is 1. The Balaban J connectivity index is 0. The molecule has 1 amide bonds. The number of hydrogen-bond acceptors (Lipinski definition) is 5. The fourth-order valence-corrected chi connectivity index (χ4v) is 9.32. The number of carbonyl (C=O) groups excluding carboxylic acids is 3. The molecule has 0 aromatic heterocycles. The lowest BCUT2D eigenvalue weighted by molar-refractivity contribution is -0.877. The molecule has 0 aliphatic rings. The van der Waals surface area contributed by atoms with Crippen molar-refractivity contribution in [1.82, 2.24) is 5.32 Å². The summed E-state index contributed by atoms with van der Waals surface area (Å²) in [4.78, 5) is 39.6. The van der Waals surface area contributed by atoms with E-state index in [2.05, 4.69) is 83.7 Å². The summed E-state index contributed by atoms with van der Waals surface area (Å²) in [5, 5.41) is 3.19. The maximum absolute atomic E-state index is 13.3. The molecule has 1 atom stereocenters. The molecule has 70 heavy (non-hydrogen) atoms. The maximum atomic E-state index is 13.3. The van der Waals surface area contributed by atoms with Crippen molar-refractivity contribution in [2.75, 3.05) is 47.4 Å². The lowest BCUT2D eigenvalue weighted by Gasteiger charge is -2.38. The predicted molar refractivity (Wildman–Crippen MR) is 299 cm³/mol. The molecular formula is C62H117ClN2O5. The first-order valence-electron chi connectivity index (χ1n) is 29.9. The fraction of sp³-hybridized carbons (Fsp3) is 0.855. The van der Waals surface area contributed by atoms with Gasteiger partial charge in [-0.3, -0.25) is 14.4 Å². The normalized spacial score (nSPS) is 12.8. The van der Waals surface area contributed by atoms with Crippen LogP contribution in [0.1, 0.15) is 290 Å². The third-order valence-electron chi connectivity index (χ3n) is 13.5. The highest BCUT2D eigenvalue weighted by Gasteiger charge is 2.40. The Kier molecular flexibility index (Phi) is 53.1. The molecule has 0 bridgehead atoms. The van der Waals surface area contributed by atoms with Gasteiger partial charge in [-0.1, -0.05) is 211 Å². The van der Waals surface area contributed by atoms with Gasteiger partial charge in [0, 0.05) is 25.8 Å². The van der Waals surface area contributed by atoms with Crippen molar-refractivity contribution in [1.29, 1.82) is 0 Å². The van der Waals surface area contributed by atoms with Gasteiger partial charge in [-0.2, -0.15) is 0 Å². The zero-order chi connectivity index (χ0) is 50.6. The molecule has 0 radical (unpaired) electrons. The Labute approximate surface area is 441 Å². The molecule has 0 aliphatic heterocycles. The van der Waals surface area contributed by atoms with Gasteiger partial charge in [0.15, 0.2) is 0 Å². The monoisotopic (exact) mass is 1000 g/mol. The Morgan fingerprint density at radius 2 is 0.643 bits per heavy atom. The highest BCUT2D eigenvalue weighted by atomic mass is 35.5. The average molecular weight is 1010 g/mol. The smallest absolute Gasteiger partial charge is 0.305 e. The minimum absolute atomic E-state index is 0. The summed E-state index contributed by atoms with van der Waals surface area (Å²) in [6.07, 6.45) is 62.8. The summed E-state index contributed by atoms with van der Waals surface area (Å²) < 4.78 is 12.6. The first kappa shape index (κ1) is 70.0. The van der Waals surface area contributed by atoms with Crippen LogP contribution in [-0.2, 0) is 23.9 Å². The number of allylic oxidation sites excluding steroid dienone is 6. The lowest BCUT2D eigenvalue weighted by atomic mass is 9.88. The summed E-state index contributed by atoms with van der Waals surface area (Å²) in [5.41, 5.74) is -0.729. The molecule has 0 spiro atoms. The number of rotatable bonds is 53. The van der Waals surface area contributed by atoms with Crippen LogP contribution in [0.3, 0.4) is 0 Å². The number of nitrogens with zero attached hydrogens (tertiary/aromatic N) is 1. The molecule has 0 fully saturated rings. The third-order valence-corrected chi connectivity index (χ3v) is 13.5.